The van der Waals surface area contributed by atoms with Gasteiger partial charge in [-0.05, 0) is 30.5 Å². The van der Waals surface area contributed by atoms with Crippen LogP contribution in [-0.2, 0) is 23.0 Å². The molecule has 2 aromatic rings. The van der Waals surface area contributed by atoms with E-state index in [9.17, 15) is 13.2 Å². The summed E-state index contributed by atoms with van der Waals surface area (Å²) >= 11 is 5.95. The molecule has 2 amide bonds. The minimum Gasteiger partial charge on any atom is -0.359 e. The molecule has 136 valence electrons. The Morgan fingerprint density at radius 3 is 2.72 bits per heavy atom. The maximum atomic E-state index is 12.0. The van der Waals surface area contributed by atoms with E-state index in [2.05, 4.69) is 29.6 Å². The zero-order valence-corrected chi connectivity index (χ0v) is 15.3. The molecule has 0 aliphatic carbocycles. The summed E-state index contributed by atoms with van der Waals surface area (Å²) in [5, 5.41) is 14.2. The van der Waals surface area contributed by atoms with E-state index >= 15 is 0 Å². The van der Waals surface area contributed by atoms with Gasteiger partial charge in [0.05, 0.1) is 27.8 Å². The fourth-order valence-corrected chi connectivity index (χ4v) is 2.77. The second-order valence-electron chi connectivity index (χ2n) is 5.88. The molecule has 0 aliphatic rings. The van der Waals surface area contributed by atoms with Crippen LogP contribution in [0.25, 0.3) is 0 Å². The number of hydrogen-bond donors (Lipinski definition) is 3. The molecule has 4 N–H and O–H groups in total. The summed E-state index contributed by atoms with van der Waals surface area (Å²) in [6, 6.07) is 4.98. The maximum Gasteiger partial charge on any atom is 0.319 e. The van der Waals surface area contributed by atoms with Gasteiger partial charge in [0.2, 0.25) is 10.0 Å². The van der Waals surface area contributed by atoms with E-state index in [1.54, 1.807) is 6.07 Å². The largest absolute Gasteiger partial charge is 0.359 e. The molecule has 0 saturated heterocycles. The number of primary sulfonamides is 1. The highest BCUT2D eigenvalue weighted by atomic mass is 35.5. The Morgan fingerprint density at radius 2 is 2.08 bits per heavy atom. The fraction of sp³-hybridized carbons (Fsp3) is 0.333. The van der Waals surface area contributed by atoms with Gasteiger partial charge in [-0.25, -0.2) is 18.4 Å². The topological polar surface area (TPSA) is 127 Å². The summed E-state index contributed by atoms with van der Waals surface area (Å²) in [6.07, 6.45) is 0.783. The third-order valence-electron chi connectivity index (χ3n) is 3.16. The highest BCUT2D eigenvalue weighted by molar-refractivity contribution is 7.89. The molecule has 0 aliphatic heterocycles. The van der Waals surface area contributed by atoms with Crippen LogP contribution in [0.1, 0.15) is 25.3 Å². The average molecular weight is 387 g/mol. The zero-order valence-electron chi connectivity index (χ0n) is 13.7. The van der Waals surface area contributed by atoms with Gasteiger partial charge in [0.25, 0.3) is 0 Å². The number of nitrogens with zero attached hydrogens (tertiary/aromatic N) is 1. The molecular weight excluding hydrogens is 368 g/mol. The van der Waals surface area contributed by atoms with Crippen LogP contribution in [-0.4, -0.2) is 19.6 Å². The lowest BCUT2D eigenvalue weighted by Crippen LogP contribution is -2.28. The molecule has 25 heavy (non-hydrogen) atoms. The number of amides is 2. The third-order valence-corrected chi connectivity index (χ3v) is 4.40. The van der Waals surface area contributed by atoms with Crippen LogP contribution in [0.15, 0.2) is 33.7 Å². The average Bonchev–Trinajstić information content (AvgIpc) is 2.93. The Morgan fingerprint density at radius 1 is 1.36 bits per heavy atom. The first-order valence-electron chi connectivity index (χ1n) is 7.47. The summed E-state index contributed by atoms with van der Waals surface area (Å²) < 4.78 is 27.9. The van der Waals surface area contributed by atoms with Crippen LogP contribution >= 0.6 is 11.6 Å². The molecule has 0 bridgehead atoms. The van der Waals surface area contributed by atoms with Gasteiger partial charge in [-0.2, -0.15) is 0 Å². The predicted molar refractivity (Wildman–Crippen MR) is 93.7 cm³/mol. The summed E-state index contributed by atoms with van der Waals surface area (Å²) in [6.45, 7) is 4.27. The van der Waals surface area contributed by atoms with E-state index in [1.165, 1.54) is 18.2 Å². The lowest BCUT2D eigenvalue weighted by atomic mass is 10.1. The molecule has 1 heterocycles. The van der Waals surface area contributed by atoms with Crippen molar-refractivity contribution < 1.29 is 17.7 Å². The van der Waals surface area contributed by atoms with E-state index in [0.29, 0.717) is 11.7 Å². The van der Waals surface area contributed by atoms with Gasteiger partial charge in [0.15, 0.2) is 5.76 Å². The smallest absolute Gasteiger partial charge is 0.319 e. The van der Waals surface area contributed by atoms with E-state index in [-0.39, 0.29) is 22.2 Å². The summed E-state index contributed by atoms with van der Waals surface area (Å²) in [7, 11) is -3.89. The van der Waals surface area contributed by atoms with Crippen molar-refractivity contribution in [1.82, 2.24) is 10.5 Å². The molecule has 0 radical (unpaired) electrons. The van der Waals surface area contributed by atoms with Gasteiger partial charge >= 0.3 is 6.03 Å². The molecule has 0 saturated carbocycles. The van der Waals surface area contributed by atoms with Crippen LogP contribution in [0.2, 0.25) is 5.02 Å². The van der Waals surface area contributed by atoms with Crippen molar-refractivity contribution in [3.8, 4) is 0 Å². The molecule has 0 unspecified atom stereocenters. The quantitative estimate of drug-likeness (QED) is 0.702. The molecule has 0 spiro atoms. The van der Waals surface area contributed by atoms with Crippen molar-refractivity contribution in [3.63, 3.8) is 0 Å². The molecule has 1 aromatic heterocycles. The SMILES string of the molecule is CC(C)Cc1cc(CNC(=O)Nc2cc(S(N)(=O)=O)ccc2Cl)on1. The van der Waals surface area contributed by atoms with Gasteiger partial charge in [-0.3, -0.25) is 0 Å². The monoisotopic (exact) mass is 386 g/mol. The molecule has 0 fully saturated rings. The van der Waals surface area contributed by atoms with Crippen molar-refractivity contribution in [2.24, 2.45) is 11.1 Å². The Balaban J connectivity index is 1.97. The first-order valence-corrected chi connectivity index (χ1v) is 9.39. The van der Waals surface area contributed by atoms with E-state index in [1.807, 2.05) is 0 Å². The van der Waals surface area contributed by atoms with Gasteiger partial charge in [0.1, 0.15) is 0 Å². The molecule has 8 nitrogen and oxygen atoms in total. The van der Waals surface area contributed by atoms with Crippen molar-refractivity contribution >= 4 is 33.3 Å². The maximum absolute atomic E-state index is 12.0. The first kappa shape index (κ1) is 19.2. The lowest BCUT2D eigenvalue weighted by molar-refractivity contribution is 0.250. The number of anilines is 1. The van der Waals surface area contributed by atoms with Crippen LogP contribution in [0, 0.1) is 5.92 Å². The predicted octanol–water partition coefficient (Wildman–Crippen LogP) is 2.50. The normalized spacial score (nSPS) is 11.6. The van der Waals surface area contributed by atoms with Crippen molar-refractivity contribution in [1.29, 1.82) is 0 Å². The Bertz CT molecular complexity index is 864. The van der Waals surface area contributed by atoms with Gasteiger partial charge in [0, 0.05) is 6.07 Å². The Labute approximate surface area is 150 Å². The number of benzene rings is 1. The third kappa shape index (κ3) is 5.73. The van der Waals surface area contributed by atoms with Crippen LogP contribution in [0.3, 0.4) is 0 Å². The number of nitrogens with two attached hydrogens (primary N) is 1. The minimum atomic E-state index is -3.89. The second kappa shape index (κ2) is 7.85. The number of aromatic nitrogens is 1. The van der Waals surface area contributed by atoms with Crippen molar-refractivity contribution in [2.45, 2.75) is 31.7 Å². The number of rotatable bonds is 6. The van der Waals surface area contributed by atoms with Gasteiger partial charge in [-0.1, -0.05) is 30.6 Å². The van der Waals surface area contributed by atoms with E-state index in [4.69, 9.17) is 21.3 Å². The molecule has 2 rings (SSSR count). The van der Waals surface area contributed by atoms with E-state index < -0.39 is 16.1 Å². The zero-order chi connectivity index (χ0) is 18.6. The van der Waals surface area contributed by atoms with Gasteiger partial charge in [-0.15, -0.1) is 0 Å². The molecule has 1 aromatic carbocycles. The standard InChI is InChI=1S/C15H19ClN4O4S/c1-9(2)5-10-6-11(24-20-10)8-18-15(21)19-14-7-12(25(17,22)23)3-4-13(14)16/h3-4,6-7,9H,5,8H2,1-2H3,(H2,17,22,23)(H2,18,19,21). The Hall–Kier alpha value is -2.10. The van der Waals surface area contributed by atoms with Crippen LogP contribution < -0.4 is 15.8 Å². The fourth-order valence-electron chi connectivity index (χ4n) is 2.06. The van der Waals surface area contributed by atoms with E-state index in [0.717, 1.165) is 12.1 Å². The molecule has 0 atom stereocenters. The molecule has 10 heteroatoms. The number of halogens is 1. The number of sulfonamides is 1. The first-order chi connectivity index (χ1) is 11.6. The number of nitrogens with one attached hydrogen (secondary N) is 2. The van der Waals surface area contributed by atoms with Crippen LogP contribution in [0.4, 0.5) is 10.5 Å². The number of carbonyl (C=O) groups excluding carboxylic acids is 1. The van der Waals surface area contributed by atoms with Crippen LogP contribution in [0.5, 0.6) is 0 Å². The number of carbonyl (C=O) groups is 1. The lowest BCUT2D eigenvalue weighted by Gasteiger charge is -2.09. The summed E-state index contributed by atoms with van der Waals surface area (Å²) in [4.78, 5) is 11.8. The van der Waals surface area contributed by atoms with Crippen molar-refractivity contribution in [3.05, 3.63) is 40.7 Å². The Kier molecular flexibility index (Phi) is 6.04. The minimum absolute atomic E-state index is 0.128. The summed E-state index contributed by atoms with van der Waals surface area (Å²) in [5.74, 6) is 0.956. The highest BCUT2D eigenvalue weighted by Crippen LogP contribution is 2.24. The number of hydrogen-bond acceptors (Lipinski definition) is 5. The highest BCUT2D eigenvalue weighted by Gasteiger charge is 2.13. The van der Waals surface area contributed by atoms with Crippen molar-refractivity contribution in [2.75, 3.05) is 5.32 Å². The summed E-state index contributed by atoms with van der Waals surface area (Å²) in [5.41, 5.74) is 0.944. The number of urea groups is 1. The second-order valence-corrected chi connectivity index (χ2v) is 7.85. The molecular formula is C15H19ClN4O4S. The van der Waals surface area contributed by atoms with Gasteiger partial charge < -0.3 is 15.2 Å².